The van der Waals surface area contributed by atoms with Gasteiger partial charge in [-0.25, -0.2) is 0 Å². The van der Waals surface area contributed by atoms with Crippen molar-refractivity contribution in [3.8, 4) is 0 Å². The van der Waals surface area contributed by atoms with Crippen LogP contribution < -0.4 is 10.6 Å². The third-order valence-corrected chi connectivity index (χ3v) is 4.67. The average Bonchev–Trinajstić information content (AvgIpc) is 2.76. The van der Waals surface area contributed by atoms with Gasteiger partial charge in [-0.15, -0.1) is 11.8 Å². The van der Waals surface area contributed by atoms with Crippen molar-refractivity contribution in [2.45, 2.75) is 12.2 Å². The molecule has 1 atom stereocenters. The van der Waals surface area contributed by atoms with Crippen LogP contribution >= 0.6 is 11.8 Å². The van der Waals surface area contributed by atoms with Gasteiger partial charge in [0.25, 0.3) is 0 Å². The van der Waals surface area contributed by atoms with E-state index in [4.69, 9.17) is 0 Å². The third-order valence-electron chi connectivity index (χ3n) is 3.59. The van der Waals surface area contributed by atoms with Crippen LogP contribution in [0.15, 0.2) is 42.5 Å². The van der Waals surface area contributed by atoms with E-state index in [0.717, 1.165) is 0 Å². The van der Waals surface area contributed by atoms with Crippen molar-refractivity contribution in [2.24, 2.45) is 0 Å². The van der Waals surface area contributed by atoms with E-state index < -0.39 is 0 Å². The Kier molecular flexibility index (Phi) is 2.09. The van der Waals surface area contributed by atoms with Gasteiger partial charge in [0.2, 0.25) is 0 Å². The number of benzene rings is 1. The maximum atomic E-state index is 3.59. The van der Waals surface area contributed by atoms with Crippen LogP contribution in [0.1, 0.15) is 5.56 Å². The molecule has 88 valence electrons. The number of allylic oxidation sites excluding steroid dienone is 3. The number of aromatic nitrogens is 1. The molecule has 18 heavy (non-hydrogen) atoms. The zero-order valence-electron chi connectivity index (χ0n) is 10.1. The molecule has 0 saturated carbocycles. The predicted octanol–water partition coefficient (Wildman–Crippen LogP) is 2.61. The van der Waals surface area contributed by atoms with Gasteiger partial charge < -0.3 is 4.98 Å². The first-order valence-corrected chi connectivity index (χ1v) is 7.10. The molecule has 1 aliphatic heterocycles. The zero-order valence-corrected chi connectivity index (χ0v) is 10.9. The Balaban J connectivity index is 2.18. The molecule has 4 rings (SSSR count). The molecule has 2 aliphatic rings. The molecule has 1 aromatic carbocycles. The Morgan fingerprint density at radius 2 is 2.17 bits per heavy atom. The molecule has 0 bridgehead atoms. The molecule has 1 aliphatic carbocycles. The summed E-state index contributed by atoms with van der Waals surface area (Å²) in [5.41, 5.74) is 3.94. The average molecular weight is 251 g/mol. The fraction of sp³-hybridized carbons (Fsp3) is 0.125. The molecule has 0 amide bonds. The van der Waals surface area contributed by atoms with Crippen LogP contribution in [0.3, 0.4) is 0 Å². The van der Waals surface area contributed by atoms with Crippen LogP contribution in [0.4, 0.5) is 0 Å². The van der Waals surface area contributed by atoms with E-state index in [0.29, 0.717) is 5.25 Å². The minimum atomic E-state index is 0.469. The molecule has 1 nitrogen and oxygen atoms in total. The first kappa shape index (κ1) is 10.3. The van der Waals surface area contributed by atoms with Crippen LogP contribution in [0.2, 0.25) is 0 Å². The highest BCUT2D eigenvalue weighted by molar-refractivity contribution is 8.07. The van der Waals surface area contributed by atoms with Gasteiger partial charge in [-0.05, 0) is 29.5 Å². The highest BCUT2D eigenvalue weighted by Gasteiger charge is 2.17. The smallest absolute Gasteiger partial charge is 0.0542 e. The van der Waals surface area contributed by atoms with Crippen molar-refractivity contribution < 1.29 is 0 Å². The first-order valence-electron chi connectivity index (χ1n) is 6.16. The predicted molar refractivity (Wildman–Crippen MR) is 79.8 cm³/mol. The standard InChI is InChI=1S/C16H13NS/c1-10-6-7-11-13-9-18-15-5-3-2-4-12(15)16(13)17-14(11)8-10/h2-9,15,17H,1H3. The summed E-state index contributed by atoms with van der Waals surface area (Å²) in [7, 11) is 0. The Labute approximate surface area is 110 Å². The van der Waals surface area contributed by atoms with Gasteiger partial charge in [0.05, 0.1) is 10.6 Å². The summed E-state index contributed by atoms with van der Waals surface area (Å²) in [6, 6.07) is 6.63. The Hall–Kier alpha value is -1.67. The summed E-state index contributed by atoms with van der Waals surface area (Å²) in [5, 5.41) is 6.73. The Morgan fingerprint density at radius 1 is 1.22 bits per heavy atom. The third kappa shape index (κ3) is 1.36. The molecular formula is C16H13NS. The fourth-order valence-corrected chi connectivity index (χ4v) is 3.74. The van der Waals surface area contributed by atoms with Gasteiger partial charge in [-0.2, -0.15) is 0 Å². The number of hydrogen-bond acceptors (Lipinski definition) is 1. The second kappa shape index (κ2) is 3.66. The van der Waals surface area contributed by atoms with Crippen molar-refractivity contribution >= 4 is 33.6 Å². The maximum Gasteiger partial charge on any atom is 0.0542 e. The molecule has 2 heteroatoms. The van der Waals surface area contributed by atoms with E-state index in [-0.39, 0.29) is 0 Å². The summed E-state index contributed by atoms with van der Waals surface area (Å²) < 4.78 is 0. The van der Waals surface area contributed by atoms with E-state index in [2.05, 4.69) is 59.8 Å². The fourth-order valence-electron chi connectivity index (χ4n) is 2.69. The normalized spacial score (nSPS) is 20.7. The number of aromatic amines is 1. The largest absolute Gasteiger partial charge is 0.354 e. The van der Waals surface area contributed by atoms with Gasteiger partial charge in [0.1, 0.15) is 0 Å². The summed E-state index contributed by atoms with van der Waals surface area (Å²) in [6.07, 6.45) is 8.74. The summed E-state index contributed by atoms with van der Waals surface area (Å²) in [4.78, 5) is 3.59. The molecular weight excluding hydrogens is 238 g/mol. The van der Waals surface area contributed by atoms with Gasteiger partial charge >= 0.3 is 0 Å². The highest BCUT2D eigenvalue weighted by Crippen LogP contribution is 2.28. The van der Waals surface area contributed by atoms with Crippen molar-refractivity contribution in [3.63, 3.8) is 0 Å². The van der Waals surface area contributed by atoms with Gasteiger partial charge in [0.15, 0.2) is 0 Å². The molecule has 1 N–H and O–H groups in total. The van der Waals surface area contributed by atoms with Gasteiger partial charge in [-0.1, -0.05) is 36.4 Å². The molecule has 0 spiro atoms. The van der Waals surface area contributed by atoms with E-state index >= 15 is 0 Å². The van der Waals surface area contributed by atoms with Crippen LogP contribution in [-0.4, -0.2) is 10.2 Å². The summed E-state index contributed by atoms with van der Waals surface area (Å²) >= 11 is 1.89. The topological polar surface area (TPSA) is 15.8 Å². The van der Waals surface area contributed by atoms with Crippen LogP contribution in [0.25, 0.3) is 21.9 Å². The van der Waals surface area contributed by atoms with E-state index in [9.17, 15) is 0 Å². The monoisotopic (exact) mass is 251 g/mol. The molecule has 1 aromatic heterocycles. The lowest BCUT2D eigenvalue weighted by Gasteiger charge is -2.16. The lowest BCUT2D eigenvalue weighted by Crippen LogP contribution is -2.31. The quantitative estimate of drug-likeness (QED) is 0.761. The van der Waals surface area contributed by atoms with Crippen LogP contribution in [0.5, 0.6) is 0 Å². The molecule has 0 radical (unpaired) electrons. The second-order valence-corrected chi connectivity index (χ2v) is 5.85. The van der Waals surface area contributed by atoms with Crippen molar-refractivity contribution in [1.82, 2.24) is 4.98 Å². The molecule has 0 fully saturated rings. The van der Waals surface area contributed by atoms with Crippen molar-refractivity contribution in [1.29, 1.82) is 0 Å². The Morgan fingerprint density at radius 3 is 3.11 bits per heavy atom. The minimum Gasteiger partial charge on any atom is -0.354 e. The zero-order chi connectivity index (χ0) is 12.1. The first-order chi connectivity index (χ1) is 8.83. The number of rotatable bonds is 0. The minimum absolute atomic E-state index is 0.469. The van der Waals surface area contributed by atoms with Crippen molar-refractivity contribution in [3.05, 3.63) is 58.6 Å². The number of H-pyrrole nitrogens is 1. The molecule has 1 unspecified atom stereocenters. The second-order valence-electron chi connectivity index (χ2n) is 4.84. The van der Waals surface area contributed by atoms with Gasteiger partial charge in [0, 0.05) is 16.1 Å². The highest BCUT2D eigenvalue weighted by atomic mass is 32.2. The van der Waals surface area contributed by atoms with E-state index in [1.54, 1.807) is 0 Å². The van der Waals surface area contributed by atoms with Gasteiger partial charge in [-0.3, -0.25) is 0 Å². The molecule has 0 saturated heterocycles. The maximum absolute atomic E-state index is 3.59. The van der Waals surface area contributed by atoms with Crippen LogP contribution in [0, 0.1) is 6.92 Å². The molecule has 2 aromatic rings. The Bertz CT molecular complexity index is 821. The lowest BCUT2D eigenvalue weighted by molar-refractivity contribution is 1.28. The van der Waals surface area contributed by atoms with Crippen LogP contribution in [-0.2, 0) is 0 Å². The number of thioether (sulfide) groups is 1. The summed E-state index contributed by atoms with van der Waals surface area (Å²) in [5.74, 6) is 0. The van der Waals surface area contributed by atoms with E-state index in [1.165, 1.54) is 32.6 Å². The van der Waals surface area contributed by atoms with E-state index in [1.807, 2.05) is 11.8 Å². The number of aryl methyl sites for hydroxylation is 1. The number of hydrogen-bond donors (Lipinski definition) is 1. The number of nitrogens with one attached hydrogen (secondary N) is 1. The summed E-state index contributed by atoms with van der Waals surface area (Å²) in [6.45, 7) is 2.14. The number of fused-ring (bicyclic) bond motifs is 4. The SMILES string of the molecule is Cc1ccc2c3c([nH]c2c1)=C1C=CC=CC1SC=3. The van der Waals surface area contributed by atoms with Crippen molar-refractivity contribution in [2.75, 3.05) is 0 Å². The lowest BCUT2D eigenvalue weighted by atomic mass is 10.1. The molecule has 2 heterocycles.